The summed E-state index contributed by atoms with van der Waals surface area (Å²) in [6.45, 7) is 1.89. The van der Waals surface area contributed by atoms with E-state index in [4.69, 9.17) is 4.98 Å². The summed E-state index contributed by atoms with van der Waals surface area (Å²) in [6.07, 6.45) is 3.32. The highest BCUT2D eigenvalue weighted by atomic mass is 19.1. The number of H-pyrrole nitrogens is 2. The van der Waals surface area contributed by atoms with Crippen molar-refractivity contribution in [3.8, 4) is 33.8 Å². The second kappa shape index (κ2) is 9.84. The monoisotopic (exact) mass is 538 g/mol. The van der Waals surface area contributed by atoms with Gasteiger partial charge in [0.1, 0.15) is 17.0 Å². The number of fused-ring (bicyclic) bond motifs is 2. The van der Waals surface area contributed by atoms with Crippen LogP contribution in [0.25, 0.3) is 55.7 Å². The third kappa shape index (κ3) is 4.61. The molecule has 7 rings (SSSR count). The molecule has 7 aromatic rings. The second-order valence-corrected chi connectivity index (χ2v) is 9.91. The number of nitrogens with zero attached hydrogens (tertiary/aromatic N) is 3. The number of amides is 1. The molecule has 1 amide bonds. The molecule has 0 saturated heterocycles. The van der Waals surface area contributed by atoms with E-state index in [0.717, 1.165) is 44.4 Å². The summed E-state index contributed by atoms with van der Waals surface area (Å²) in [5, 5.41) is 11.5. The molecule has 198 valence electrons. The van der Waals surface area contributed by atoms with Gasteiger partial charge in [-0.05, 0) is 78.2 Å². The van der Waals surface area contributed by atoms with Crippen LogP contribution in [-0.4, -0.2) is 31.1 Å². The normalized spacial score (nSPS) is 11.3. The number of hydrogen-bond acceptors (Lipinski definition) is 4. The molecular weight excluding hydrogens is 515 g/mol. The summed E-state index contributed by atoms with van der Waals surface area (Å²) >= 11 is 0. The number of carbonyl (C=O) groups is 1. The molecule has 3 N–H and O–H groups in total. The number of aromatic nitrogens is 5. The molecule has 0 aliphatic heterocycles. The Balaban J connectivity index is 1.25. The van der Waals surface area contributed by atoms with Crippen LogP contribution >= 0.6 is 0 Å². The fourth-order valence-corrected chi connectivity index (χ4v) is 5.12. The first-order chi connectivity index (χ1) is 20.0. The maximum absolute atomic E-state index is 14.2. The molecule has 0 aliphatic carbocycles. The molecule has 3 aromatic carbocycles. The fraction of sp³-hybridized carbons (Fsp3) is 0.0303. The fourth-order valence-electron chi connectivity index (χ4n) is 5.12. The molecule has 0 unspecified atom stereocenters. The highest BCUT2D eigenvalue weighted by Gasteiger charge is 2.16. The predicted molar refractivity (Wildman–Crippen MR) is 159 cm³/mol. The quantitative estimate of drug-likeness (QED) is 0.211. The van der Waals surface area contributed by atoms with Crippen molar-refractivity contribution in [3.63, 3.8) is 0 Å². The Bertz CT molecular complexity index is 2060. The zero-order valence-electron chi connectivity index (χ0n) is 21.9. The molecule has 0 atom stereocenters. The van der Waals surface area contributed by atoms with E-state index in [1.807, 2.05) is 73.7 Å². The van der Waals surface area contributed by atoms with Gasteiger partial charge < -0.3 is 10.3 Å². The van der Waals surface area contributed by atoms with Crippen LogP contribution in [0.4, 0.5) is 10.1 Å². The first-order valence-electron chi connectivity index (χ1n) is 13.1. The number of hydrogen-bond donors (Lipinski definition) is 3. The highest BCUT2D eigenvalue weighted by molar-refractivity contribution is 6.04. The average Bonchev–Trinajstić information content (AvgIpc) is 3.61. The van der Waals surface area contributed by atoms with Crippen molar-refractivity contribution in [2.75, 3.05) is 5.32 Å². The lowest BCUT2D eigenvalue weighted by Gasteiger charge is -2.07. The molecule has 0 radical (unpaired) electrons. The smallest absolute Gasteiger partial charge is 0.255 e. The number of nitrogens with one attached hydrogen (secondary N) is 3. The van der Waals surface area contributed by atoms with Crippen LogP contribution in [0.5, 0.6) is 0 Å². The van der Waals surface area contributed by atoms with Crippen LogP contribution < -0.4 is 5.32 Å². The van der Waals surface area contributed by atoms with Crippen molar-refractivity contribution in [2.24, 2.45) is 0 Å². The minimum atomic E-state index is -0.263. The van der Waals surface area contributed by atoms with E-state index in [-0.39, 0.29) is 11.7 Å². The van der Waals surface area contributed by atoms with E-state index in [0.29, 0.717) is 28.2 Å². The zero-order valence-corrected chi connectivity index (χ0v) is 21.9. The van der Waals surface area contributed by atoms with Crippen molar-refractivity contribution in [1.82, 2.24) is 25.1 Å². The van der Waals surface area contributed by atoms with Crippen molar-refractivity contribution in [3.05, 3.63) is 120 Å². The molecule has 8 heteroatoms. The van der Waals surface area contributed by atoms with Crippen LogP contribution in [0, 0.1) is 12.7 Å². The van der Waals surface area contributed by atoms with E-state index in [2.05, 4.69) is 25.5 Å². The van der Waals surface area contributed by atoms with Crippen molar-refractivity contribution in [2.45, 2.75) is 6.92 Å². The molecule has 4 heterocycles. The molecule has 0 spiro atoms. The number of aryl methyl sites for hydroxylation is 1. The van der Waals surface area contributed by atoms with Gasteiger partial charge in [0.25, 0.3) is 5.91 Å². The number of carbonyl (C=O) groups excluding carboxylic acids is 1. The number of rotatable bonds is 5. The number of halogens is 1. The lowest BCUT2D eigenvalue weighted by molar-refractivity contribution is 0.102. The van der Waals surface area contributed by atoms with Crippen molar-refractivity contribution in [1.29, 1.82) is 0 Å². The summed E-state index contributed by atoms with van der Waals surface area (Å²) in [5.41, 5.74) is 9.04. The topological polar surface area (TPSA) is 99.4 Å². The Morgan fingerprint density at radius 3 is 2.59 bits per heavy atom. The van der Waals surface area contributed by atoms with Crippen molar-refractivity contribution >= 4 is 33.5 Å². The summed E-state index contributed by atoms with van der Waals surface area (Å²) in [4.78, 5) is 25.3. The van der Waals surface area contributed by atoms with E-state index < -0.39 is 0 Å². The third-order valence-electron chi connectivity index (χ3n) is 7.01. The standard InChI is InChI=1S/C33H23FN6O/c1-19-12-21(14-23(34)13-19)25-8-5-9-28-26(25)16-30(37-28)32-31-29(39-40-32)11-10-27(38-31)22-15-24(18-35-17-22)36-33(41)20-6-3-2-4-7-20/h2-18,37H,1H3,(H,36,41)(H,39,40). The maximum Gasteiger partial charge on any atom is 0.255 e. The Morgan fingerprint density at radius 2 is 1.73 bits per heavy atom. The molecule has 0 saturated carbocycles. The second-order valence-electron chi connectivity index (χ2n) is 9.91. The van der Waals surface area contributed by atoms with E-state index in [9.17, 15) is 9.18 Å². The number of aromatic amines is 2. The lowest BCUT2D eigenvalue weighted by Crippen LogP contribution is -2.11. The summed E-state index contributed by atoms with van der Waals surface area (Å²) < 4.78 is 14.2. The molecular formula is C33H23FN6O. The summed E-state index contributed by atoms with van der Waals surface area (Å²) in [7, 11) is 0. The molecule has 0 aliphatic rings. The number of anilines is 1. The van der Waals surface area contributed by atoms with Gasteiger partial charge in [-0.1, -0.05) is 36.4 Å². The molecule has 0 bridgehead atoms. The number of pyridine rings is 2. The van der Waals surface area contributed by atoms with Gasteiger partial charge in [0, 0.05) is 28.2 Å². The molecule has 7 nitrogen and oxygen atoms in total. The van der Waals surface area contributed by atoms with E-state index >= 15 is 0 Å². The van der Waals surface area contributed by atoms with Gasteiger partial charge in [0.05, 0.1) is 28.8 Å². The molecule has 0 fully saturated rings. The van der Waals surface area contributed by atoms with E-state index in [1.54, 1.807) is 30.6 Å². The van der Waals surface area contributed by atoms with Crippen LogP contribution in [0.3, 0.4) is 0 Å². The SMILES string of the molecule is Cc1cc(F)cc(-c2cccc3[nH]c(-c4n[nH]c5ccc(-c6cncc(NC(=O)c7ccccc7)c6)nc45)cc23)c1. The van der Waals surface area contributed by atoms with Crippen LogP contribution in [0.2, 0.25) is 0 Å². The largest absolute Gasteiger partial charge is 0.353 e. The van der Waals surface area contributed by atoms with Gasteiger partial charge in [0.15, 0.2) is 0 Å². The van der Waals surface area contributed by atoms with Gasteiger partial charge in [0.2, 0.25) is 0 Å². The van der Waals surface area contributed by atoms with E-state index in [1.165, 1.54) is 6.07 Å². The first kappa shape index (κ1) is 24.4. The number of benzene rings is 3. The molecule has 41 heavy (non-hydrogen) atoms. The summed E-state index contributed by atoms with van der Waals surface area (Å²) in [6, 6.07) is 27.7. The van der Waals surface area contributed by atoms with Crippen LogP contribution in [0.15, 0.2) is 103 Å². The Kier molecular flexibility index (Phi) is 5.86. The minimum Gasteiger partial charge on any atom is -0.353 e. The first-order valence-corrected chi connectivity index (χ1v) is 13.1. The third-order valence-corrected chi connectivity index (χ3v) is 7.01. The van der Waals surface area contributed by atoms with Crippen LogP contribution in [0.1, 0.15) is 15.9 Å². The average molecular weight is 539 g/mol. The minimum absolute atomic E-state index is 0.211. The lowest BCUT2D eigenvalue weighted by atomic mass is 10.00. The van der Waals surface area contributed by atoms with Gasteiger partial charge >= 0.3 is 0 Å². The van der Waals surface area contributed by atoms with Gasteiger partial charge in [-0.2, -0.15) is 5.10 Å². The maximum atomic E-state index is 14.2. The van der Waals surface area contributed by atoms with Gasteiger partial charge in [-0.15, -0.1) is 0 Å². The van der Waals surface area contributed by atoms with Crippen LogP contribution in [-0.2, 0) is 0 Å². The Morgan fingerprint density at radius 1 is 0.854 bits per heavy atom. The van der Waals surface area contributed by atoms with Gasteiger partial charge in [-0.25, -0.2) is 9.37 Å². The molecule has 4 aromatic heterocycles. The summed E-state index contributed by atoms with van der Waals surface area (Å²) in [5.74, 6) is -0.474. The predicted octanol–water partition coefficient (Wildman–Crippen LogP) is 7.54. The zero-order chi connectivity index (χ0) is 27.9. The van der Waals surface area contributed by atoms with Gasteiger partial charge in [-0.3, -0.25) is 14.9 Å². The highest BCUT2D eigenvalue weighted by Crippen LogP contribution is 2.35. The Hall–Kier alpha value is -5.63. The van der Waals surface area contributed by atoms with Crippen molar-refractivity contribution < 1.29 is 9.18 Å². The Labute approximate surface area is 234 Å².